The van der Waals surface area contributed by atoms with Gasteiger partial charge in [-0.05, 0) is 23.8 Å². The van der Waals surface area contributed by atoms with Crippen LogP contribution in [0.15, 0.2) is 54.6 Å². The quantitative estimate of drug-likeness (QED) is 0.927. The lowest BCUT2D eigenvalue weighted by Gasteiger charge is -2.35. The molecule has 0 spiro atoms. The van der Waals surface area contributed by atoms with Crippen molar-refractivity contribution < 1.29 is 19.4 Å². The van der Waals surface area contributed by atoms with E-state index in [1.807, 2.05) is 36.4 Å². The Morgan fingerprint density at radius 3 is 2.36 bits per heavy atom. The van der Waals surface area contributed by atoms with Crippen LogP contribution in [0.1, 0.15) is 15.9 Å². The SMILES string of the molecule is O=C(O)c1cccc(N2CCN(C(=O)OCc3ccccc3)CC2)c1. The van der Waals surface area contributed by atoms with Crippen LogP contribution in [-0.2, 0) is 11.3 Å². The molecule has 0 atom stereocenters. The van der Waals surface area contributed by atoms with Gasteiger partial charge < -0.3 is 19.6 Å². The van der Waals surface area contributed by atoms with E-state index >= 15 is 0 Å². The molecule has 1 aliphatic rings. The minimum absolute atomic E-state index is 0.264. The highest BCUT2D eigenvalue weighted by molar-refractivity contribution is 5.88. The van der Waals surface area contributed by atoms with Gasteiger partial charge in [-0.15, -0.1) is 0 Å². The fraction of sp³-hybridized carbons (Fsp3) is 0.263. The van der Waals surface area contributed by atoms with Crippen molar-refractivity contribution in [3.63, 3.8) is 0 Å². The molecule has 1 N–H and O–H groups in total. The van der Waals surface area contributed by atoms with E-state index in [0.717, 1.165) is 11.3 Å². The van der Waals surface area contributed by atoms with E-state index in [1.165, 1.54) is 0 Å². The number of hydrogen-bond acceptors (Lipinski definition) is 4. The predicted octanol–water partition coefficient (Wildman–Crippen LogP) is 2.84. The molecule has 1 amide bonds. The first-order chi connectivity index (χ1) is 12.1. The molecule has 0 radical (unpaired) electrons. The zero-order valence-electron chi connectivity index (χ0n) is 13.8. The number of anilines is 1. The molecular formula is C19H20N2O4. The number of rotatable bonds is 4. The number of carboxylic acids is 1. The molecule has 0 unspecified atom stereocenters. The van der Waals surface area contributed by atoms with Crippen molar-refractivity contribution in [2.24, 2.45) is 0 Å². The summed E-state index contributed by atoms with van der Waals surface area (Å²) in [5, 5.41) is 9.09. The van der Waals surface area contributed by atoms with E-state index in [9.17, 15) is 9.59 Å². The summed E-state index contributed by atoms with van der Waals surface area (Å²) in [6, 6.07) is 16.4. The van der Waals surface area contributed by atoms with Crippen LogP contribution >= 0.6 is 0 Å². The summed E-state index contributed by atoms with van der Waals surface area (Å²) in [7, 11) is 0. The highest BCUT2D eigenvalue weighted by Gasteiger charge is 2.22. The number of aromatic carboxylic acids is 1. The van der Waals surface area contributed by atoms with E-state index < -0.39 is 5.97 Å². The number of hydrogen-bond donors (Lipinski definition) is 1. The molecule has 3 rings (SSSR count). The van der Waals surface area contributed by atoms with E-state index in [0.29, 0.717) is 26.2 Å². The molecule has 1 fully saturated rings. The van der Waals surface area contributed by atoms with Gasteiger partial charge in [-0.3, -0.25) is 0 Å². The second-order valence-electron chi connectivity index (χ2n) is 5.87. The highest BCUT2D eigenvalue weighted by Crippen LogP contribution is 2.18. The van der Waals surface area contributed by atoms with Gasteiger partial charge in [0.15, 0.2) is 0 Å². The second-order valence-corrected chi connectivity index (χ2v) is 5.87. The van der Waals surface area contributed by atoms with E-state index in [4.69, 9.17) is 9.84 Å². The largest absolute Gasteiger partial charge is 0.478 e. The molecule has 2 aromatic rings. The lowest BCUT2D eigenvalue weighted by Crippen LogP contribution is -2.49. The standard InChI is InChI=1S/C19H20N2O4/c22-18(23)16-7-4-8-17(13-16)20-9-11-21(12-10-20)19(24)25-14-15-5-2-1-3-6-15/h1-8,13H,9-12,14H2,(H,22,23). The monoisotopic (exact) mass is 340 g/mol. The topological polar surface area (TPSA) is 70.1 Å². The number of nitrogens with zero attached hydrogens (tertiary/aromatic N) is 2. The van der Waals surface area contributed by atoms with Gasteiger partial charge in [0.05, 0.1) is 5.56 Å². The average Bonchev–Trinajstić information content (AvgIpc) is 2.67. The third-order valence-corrected chi connectivity index (χ3v) is 4.20. The van der Waals surface area contributed by atoms with Crippen molar-refractivity contribution in [2.75, 3.05) is 31.1 Å². The van der Waals surface area contributed by atoms with Crippen LogP contribution in [0, 0.1) is 0 Å². The molecule has 1 aliphatic heterocycles. The number of carboxylic acid groups (broad SMARTS) is 1. The molecular weight excluding hydrogens is 320 g/mol. The maximum absolute atomic E-state index is 12.2. The average molecular weight is 340 g/mol. The third-order valence-electron chi connectivity index (χ3n) is 4.20. The maximum Gasteiger partial charge on any atom is 0.410 e. The molecule has 6 nitrogen and oxygen atoms in total. The van der Waals surface area contributed by atoms with Crippen LogP contribution in [0.5, 0.6) is 0 Å². The summed E-state index contributed by atoms with van der Waals surface area (Å²) in [5.74, 6) is -0.940. The third kappa shape index (κ3) is 4.29. The van der Waals surface area contributed by atoms with Gasteiger partial charge in [0.25, 0.3) is 0 Å². The number of piperazine rings is 1. The smallest absolute Gasteiger partial charge is 0.410 e. The summed E-state index contributed by atoms with van der Waals surface area (Å²) in [4.78, 5) is 27.0. The molecule has 0 bridgehead atoms. The van der Waals surface area contributed by atoms with Crippen molar-refractivity contribution in [2.45, 2.75) is 6.61 Å². The molecule has 0 aromatic heterocycles. The fourth-order valence-electron chi connectivity index (χ4n) is 2.79. The fourth-order valence-corrected chi connectivity index (χ4v) is 2.79. The van der Waals surface area contributed by atoms with Crippen molar-refractivity contribution in [3.05, 3.63) is 65.7 Å². The summed E-state index contributed by atoms with van der Waals surface area (Å²) in [6.45, 7) is 2.64. The summed E-state index contributed by atoms with van der Waals surface area (Å²) < 4.78 is 5.35. The van der Waals surface area contributed by atoms with Crippen LogP contribution in [0.3, 0.4) is 0 Å². The Balaban J connectivity index is 1.52. The first kappa shape index (κ1) is 16.8. The van der Waals surface area contributed by atoms with Crippen molar-refractivity contribution in [3.8, 4) is 0 Å². The summed E-state index contributed by atoms with van der Waals surface area (Å²) >= 11 is 0. The van der Waals surface area contributed by atoms with E-state index in [-0.39, 0.29) is 18.3 Å². The first-order valence-electron chi connectivity index (χ1n) is 8.17. The zero-order chi connectivity index (χ0) is 17.6. The Morgan fingerprint density at radius 2 is 1.68 bits per heavy atom. The minimum atomic E-state index is -0.940. The first-order valence-corrected chi connectivity index (χ1v) is 8.17. The normalized spacial score (nSPS) is 14.2. The lowest BCUT2D eigenvalue weighted by molar-refractivity contribution is 0.0696. The van der Waals surface area contributed by atoms with Gasteiger partial charge in [0.1, 0.15) is 6.61 Å². The Labute approximate surface area is 146 Å². The maximum atomic E-state index is 12.2. The molecule has 0 aliphatic carbocycles. The van der Waals surface area contributed by atoms with Crippen molar-refractivity contribution in [1.29, 1.82) is 0 Å². The van der Waals surface area contributed by atoms with Crippen LogP contribution in [0.25, 0.3) is 0 Å². The number of benzene rings is 2. The number of carbonyl (C=O) groups excluding carboxylic acids is 1. The molecule has 25 heavy (non-hydrogen) atoms. The van der Waals surface area contributed by atoms with Crippen LogP contribution in [0.4, 0.5) is 10.5 Å². The van der Waals surface area contributed by atoms with Crippen molar-refractivity contribution in [1.82, 2.24) is 4.90 Å². The Kier molecular flexibility index (Phi) is 5.18. The molecule has 0 saturated carbocycles. The molecule has 1 saturated heterocycles. The van der Waals surface area contributed by atoms with Crippen molar-refractivity contribution >= 4 is 17.7 Å². The van der Waals surface area contributed by atoms with Gasteiger partial charge in [0, 0.05) is 31.9 Å². The Morgan fingerprint density at radius 1 is 0.960 bits per heavy atom. The number of carbonyl (C=O) groups is 2. The molecule has 1 heterocycles. The Bertz CT molecular complexity index is 740. The molecule has 130 valence electrons. The van der Waals surface area contributed by atoms with Gasteiger partial charge in [-0.25, -0.2) is 9.59 Å². The number of ether oxygens (including phenoxy) is 1. The van der Waals surface area contributed by atoms with Crippen LogP contribution < -0.4 is 4.90 Å². The minimum Gasteiger partial charge on any atom is -0.478 e. The van der Waals surface area contributed by atoms with Crippen LogP contribution in [-0.4, -0.2) is 48.2 Å². The van der Waals surface area contributed by atoms with Crippen LogP contribution in [0.2, 0.25) is 0 Å². The lowest BCUT2D eigenvalue weighted by atomic mass is 10.1. The number of amides is 1. The van der Waals surface area contributed by atoms with Gasteiger partial charge in [0.2, 0.25) is 0 Å². The second kappa shape index (κ2) is 7.70. The van der Waals surface area contributed by atoms with Gasteiger partial charge in [-0.1, -0.05) is 36.4 Å². The zero-order valence-corrected chi connectivity index (χ0v) is 13.8. The molecule has 2 aromatic carbocycles. The molecule has 6 heteroatoms. The van der Waals surface area contributed by atoms with Gasteiger partial charge >= 0.3 is 12.1 Å². The van der Waals surface area contributed by atoms with E-state index in [2.05, 4.69) is 4.90 Å². The summed E-state index contributed by atoms with van der Waals surface area (Å²) in [6.07, 6.45) is -0.317. The Hall–Kier alpha value is -3.02. The van der Waals surface area contributed by atoms with E-state index in [1.54, 1.807) is 23.1 Å². The van der Waals surface area contributed by atoms with Gasteiger partial charge in [-0.2, -0.15) is 0 Å². The predicted molar refractivity (Wildman–Crippen MR) is 93.8 cm³/mol. The highest BCUT2D eigenvalue weighted by atomic mass is 16.6. The summed E-state index contributed by atoms with van der Waals surface area (Å²) in [5.41, 5.74) is 2.08.